The van der Waals surface area contributed by atoms with Crippen LogP contribution in [0.3, 0.4) is 0 Å². The molecular weight excluding hydrogens is 198 g/mol. The van der Waals surface area contributed by atoms with E-state index in [1.807, 2.05) is 0 Å². The smallest absolute Gasteiger partial charge is 0.239 e. The maximum absolute atomic E-state index is 11.1. The maximum atomic E-state index is 11.1. The number of carbonyl (C=O) groups is 3. The van der Waals surface area contributed by atoms with E-state index in [4.69, 9.17) is 0 Å². The SMILES string of the molecule is CNC(=O)CNC(=O)CNC(=O)C1CC1. The predicted octanol–water partition coefficient (Wildman–Crippen LogP) is -1.63. The van der Waals surface area contributed by atoms with Crippen LogP contribution in [0.25, 0.3) is 0 Å². The third-order valence-electron chi connectivity index (χ3n) is 2.10. The van der Waals surface area contributed by atoms with Crippen LogP contribution in [-0.2, 0) is 14.4 Å². The van der Waals surface area contributed by atoms with Crippen LogP contribution in [0.5, 0.6) is 0 Å². The first-order valence-electron chi connectivity index (χ1n) is 4.88. The quantitative estimate of drug-likeness (QED) is 0.512. The van der Waals surface area contributed by atoms with Crippen LogP contribution in [0.4, 0.5) is 0 Å². The number of hydrogen-bond acceptors (Lipinski definition) is 3. The summed E-state index contributed by atoms with van der Waals surface area (Å²) >= 11 is 0. The van der Waals surface area contributed by atoms with Crippen LogP contribution < -0.4 is 16.0 Å². The van der Waals surface area contributed by atoms with E-state index in [-0.39, 0.29) is 36.7 Å². The second kappa shape index (κ2) is 5.33. The summed E-state index contributed by atoms with van der Waals surface area (Å²) in [7, 11) is 1.49. The molecule has 1 fully saturated rings. The molecular formula is C9H15N3O3. The van der Waals surface area contributed by atoms with Crippen molar-refractivity contribution in [1.82, 2.24) is 16.0 Å². The van der Waals surface area contributed by atoms with Gasteiger partial charge in [-0.05, 0) is 12.8 Å². The number of rotatable bonds is 5. The van der Waals surface area contributed by atoms with Crippen molar-refractivity contribution in [3.05, 3.63) is 0 Å². The minimum Gasteiger partial charge on any atom is -0.358 e. The summed E-state index contributed by atoms with van der Waals surface area (Å²) in [6.07, 6.45) is 1.82. The Morgan fingerprint density at radius 1 is 1.07 bits per heavy atom. The Morgan fingerprint density at radius 2 is 1.67 bits per heavy atom. The molecule has 1 saturated carbocycles. The molecule has 0 heterocycles. The largest absolute Gasteiger partial charge is 0.358 e. The molecule has 15 heavy (non-hydrogen) atoms. The Balaban J connectivity index is 2.07. The molecule has 0 spiro atoms. The summed E-state index contributed by atoms with van der Waals surface area (Å²) in [5, 5.41) is 7.26. The molecule has 0 aromatic heterocycles. The number of hydrogen-bond donors (Lipinski definition) is 3. The molecule has 0 radical (unpaired) electrons. The summed E-state index contributed by atoms with van der Waals surface area (Å²) in [5.41, 5.74) is 0. The van der Waals surface area contributed by atoms with Crippen LogP contribution in [0.2, 0.25) is 0 Å². The fourth-order valence-electron chi connectivity index (χ4n) is 0.987. The molecule has 0 atom stereocenters. The van der Waals surface area contributed by atoms with E-state index in [2.05, 4.69) is 16.0 Å². The van der Waals surface area contributed by atoms with E-state index in [1.54, 1.807) is 0 Å². The first kappa shape index (κ1) is 11.5. The molecule has 1 aliphatic rings. The third-order valence-corrected chi connectivity index (χ3v) is 2.10. The first-order valence-corrected chi connectivity index (χ1v) is 4.88. The number of amides is 3. The Hall–Kier alpha value is -1.59. The zero-order chi connectivity index (χ0) is 11.3. The predicted molar refractivity (Wildman–Crippen MR) is 52.8 cm³/mol. The van der Waals surface area contributed by atoms with Gasteiger partial charge in [0.1, 0.15) is 0 Å². The zero-order valence-electron chi connectivity index (χ0n) is 8.63. The van der Waals surface area contributed by atoms with Crippen molar-refractivity contribution in [3.63, 3.8) is 0 Å². The van der Waals surface area contributed by atoms with E-state index in [0.717, 1.165) is 12.8 Å². The van der Waals surface area contributed by atoms with Gasteiger partial charge in [0.05, 0.1) is 13.1 Å². The van der Waals surface area contributed by atoms with Gasteiger partial charge in [-0.3, -0.25) is 14.4 Å². The van der Waals surface area contributed by atoms with Gasteiger partial charge in [0, 0.05) is 13.0 Å². The highest BCUT2D eigenvalue weighted by atomic mass is 16.2. The minimum atomic E-state index is -0.354. The van der Waals surface area contributed by atoms with Crippen molar-refractivity contribution >= 4 is 17.7 Å². The van der Waals surface area contributed by atoms with Crippen molar-refractivity contribution in [2.45, 2.75) is 12.8 Å². The van der Waals surface area contributed by atoms with Crippen LogP contribution in [0, 0.1) is 5.92 Å². The molecule has 0 saturated heterocycles. The summed E-state index contributed by atoms with van der Waals surface area (Å²) in [4.78, 5) is 33.0. The topological polar surface area (TPSA) is 87.3 Å². The molecule has 84 valence electrons. The monoisotopic (exact) mass is 213 g/mol. The Kier molecular flexibility index (Phi) is 4.08. The van der Waals surface area contributed by atoms with E-state index in [1.165, 1.54) is 7.05 Å². The van der Waals surface area contributed by atoms with Crippen LogP contribution in [-0.4, -0.2) is 37.9 Å². The molecule has 6 nitrogen and oxygen atoms in total. The summed E-state index contributed by atoms with van der Waals surface area (Å²) in [6.45, 7) is -0.124. The summed E-state index contributed by atoms with van der Waals surface area (Å²) in [6, 6.07) is 0. The highest BCUT2D eigenvalue weighted by molar-refractivity contribution is 5.89. The van der Waals surface area contributed by atoms with Crippen molar-refractivity contribution in [3.8, 4) is 0 Å². The van der Waals surface area contributed by atoms with Crippen molar-refractivity contribution in [2.24, 2.45) is 5.92 Å². The lowest BCUT2D eigenvalue weighted by Gasteiger charge is -2.05. The molecule has 1 aliphatic carbocycles. The third kappa shape index (κ3) is 4.44. The second-order valence-corrected chi connectivity index (χ2v) is 3.44. The maximum Gasteiger partial charge on any atom is 0.239 e. The summed E-state index contributed by atoms with van der Waals surface area (Å²) < 4.78 is 0. The number of likely N-dealkylation sites (N-methyl/N-ethyl adjacent to an activating group) is 1. The van der Waals surface area contributed by atoms with Crippen LogP contribution in [0.1, 0.15) is 12.8 Å². The van der Waals surface area contributed by atoms with Gasteiger partial charge in [-0.25, -0.2) is 0 Å². The lowest BCUT2D eigenvalue weighted by molar-refractivity contribution is -0.128. The van der Waals surface area contributed by atoms with Gasteiger partial charge in [0.15, 0.2) is 0 Å². The van der Waals surface area contributed by atoms with Gasteiger partial charge in [-0.2, -0.15) is 0 Å². The first-order chi connectivity index (χ1) is 7.13. The van der Waals surface area contributed by atoms with Gasteiger partial charge in [0.25, 0.3) is 0 Å². The highest BCUT2D eigenvalue weighted by Gasteiger charge is 2.29. The van der Waals surface area contributed by atoms with Gasteiger partial charge >= 0.3 is 0 Å². The fourth-order valence-corrected chi connectivity index (χ4v) is 0.987. The molecule has 0 aromatic carbocycles. The highest BCUT2D eigenvalue weighted by Crippen LogP contribution is 2.28. The molecule has 3 amide bonds. The number of carbonyl (C=O) groups excluding carboxylic acids is 3. The Labute approximate surface area is 87.8 Å². The standard InChI is InChI=1S/C9H15N3O3/c1-10-7(13)4-11-8(14)5-12-9(15)6-2-3-6/h6H,2-5H2,1H3,(H,10,13)(H,11,14)(H,12,15). The molecule has 1 rings (SSSR count). The van der Waals surface area contributed by atoms with E-state index in [9.17, 15) is 14.4 Å². The van der Waals surface area contributed by atoms with Gasteiger partial charge in [0.2, 0.25) is 17.7 Å². The number of nitrogens with one attached hydrogen (secondary N) is 3. The lowest BCUT2D eigenvalue weighted by atomic mass is 10.4. The molecule has 0 aromatic rings. The minimum absolute atomic E-state index is 0.0609. The van der Waals surface area contributed by atoms with Crippen LogP contribution >= 0.6 is 0 Å². The van der Waals surface area contributed by atoms with E-state index >= 15 is 0 Å². The Bertz CT molecular complexity index is 274. The molecule has 0 bridgehead atoms. The van der Waals surface area contributed by atoms with Gasteiger partial charge < -0.3 is 16.0 Å². The van der Waals surface area contributed by atoms with E-state index in [0.29, 0.717) is 0 Å². The molecule has 0 unspecified atom stereocenters. The molecule has 0 aliphatic heterocycles. The second-order valence-electron chi connectivity index (χ2n) is 3.44. The van der Waals surface area contributed by atoms with E-state index < -0.39 is 0 Å². The fraction of sp³-hybridized carbons (Fsp3) is 0.667. The Morgan fingerprint density at radius 3 is 2.20 bits per heavy atom. The lowest BCUT2D eigenvalue weighted by Crippen LogP contribution is -2.41. The van der Waals surface area contributed by atoms with Crippen molar-refractivity contribution in [2.75, 3.05) is 20.1 Å². The van der Waals surface area contributed by atoms with Crippen molar-refractivity contribution in [1.29, 1.82) is 0 Å². The normalized spacial score (nSPS) is 14.2. The van der Waals surface area contributed by atoms with Gasteiger partial charge in [-0.15, -0.1) is 0 Å². The van der Waals surface area contributed by atoms with Crippen molar-refractivity contribution < 1.29 is 14.4 Å². The average Bonchev–Trinajstić information content (AvgIpc) is 3.05. The zero-order valence-corrected chi connectivity index (χ0v) is 8.63. The molecule has 6 heteroatoms. The molecule has 3 N–H and O–H groups in total. The summed E-state index contributed by atoms with van der Waals surface area (Å²) in [5.74, 6) is -0.605. The van der Waals surface area contributed by atoms with Crippen LogP contribution in [0.15, 0.2) is 0 Å². The van der Waals surface area contributed by atoms with Gasteiger partial charge in [-0.1, -0.05) is 0 Å². The average molecular weight is 213 g/mol.